The van der Waals surface area contributed by atoms with Crippen molar-refractivity contribution in [2.75, 3.05) is 0 Å². The summed E-state index contributed by atoms with van der Waals surface area (Å²) in [6, 6.07) is 0. The normalized spacial score (nSPS) is 18.4. The van der Waals surface area contributed by atoms with Crippen molar-refractivity contribution < 1.29 is 38.3 Å². The molecule has 1 aliphatic heterocycles. The molecule has 0 bridgehead atoms. The summed E-state index contributed by atoms with van der Waals surface area (Å²) in [6.07, 6.45) is -0.617. The molecule has 9 nitrogen and oxygen atoms in total. The Labute approximate surface area is 137 Å². The number of hydroxylamine groups is 2. The van der Waals surface area contributed by atoms with E-state index < -0.39 is 41.4 Å². The average Bonchev–Trinajstić information content (AvgIpc) is 3.01. The largest absolute Gasteiger partial charge is 0.446 e. The van der Waals surface area contributed by atoms with E-state index in [1.807, 2.05) is 0 Å². The Bertz CT molecular complexity index is 512. The van der Waals surface area contributed by atoms with Gasteiger partial charge in [0.25, 0.3) is 11.8 Å². The second kappa shape index (κ2) is 7.80. The van der Waals surface area contributed by atoms with E-state index in [0.717, 1.165) is 0 Å². The van der Waals surface area contributed by atoms with Crippen LogP contribution in [-0.2, 0) is 38.3 Å². The maximum absolute atomic E-state index is 11.6. The quantitative estimate of drug-likeness (QED) is 0.275. The summed E-state index contributed by atoms with van der Waals surface area (Å²) < 4.78 is 4.83. The number of hydrogen-bond acceptors (Lipinski definition) is 8. The average molecular weight is 339 g/mol. The summed E-state index contributed by atoms with van der Waals surface area (Å²) >= 11 is 0. The van der Waals surface area contributed by atoms with E-state index in [0.29, 0.717) is 5.06 Å². The van der Waals surface area contributed by atoms with Crippen LogP contribution in [0.1, 0.15) is 51.4 Å². The molecule has 0 aromatic rings. The molecule has 0 atom stereocenters. The molecule has 0 spiro atoms. The number of imide groups is 1. The van der Waals surface area contributed by atoms with Crippen molar-refractivity contribution in [2.45, 2.75) is 57.5 Å². The van der Waals surface area contributed by atoms with Crippen LogP contribution in [0.3, 0.4) is 0 Å². The number of ether oxygens (including phenoxy) is 1. The summed E-state index contributed by atoms with van der Waals surface area (Å²) in [7, 11) is 0. The number of rotatable bonds is 7. The molecule has 2 amide bonds. The smallest absolute Gasteiger partial charge is 0.333 e. The highest BCUT2D eigenvalue weighted by molar-refractivity contribution is 6.12. The summed E-state index contributed by atoms with van der Waals surface area (Å²) in [5.74, 6) is -3.31. The first-order valence-electron chi connectivity index (χ1n) is 7.70. The number of nitrogens with zero attached hydrogens (tertiary/aromatic N) is 1. The van der Waals surface area contributed by atoms with Gasteiger partial charge in [-0.2, -0.15) is 0 Å². The number of carbonyl (C=O) groups is 6. The lowest BCUT2D eigenvalue weighted by Gasteiger charge is -2.12. The minimum atomic E-state index is -1.28. The summed E-state index contributed by atoms with van der Waals surface area (Å²) in [6.45, 7) is 0. The van der Waals surface area contributed by atoms with E-state index in [1.54, 1.807) is 0 Å². The van der Waals surface area contributed by atoms with Crippen LogP contribution in [-0.4, -0.2) is 46.5 Å². The third-order valence-corrected chi connectivity index (χ3v) is 3.66. The SMILES string of the molecule is O=C(CCCCC(=O)ON1C(=O)CCC1=O)OC1C(=O)CCC1=O. The minimum Gasteiger partial charge on any atom is -0.446 e. The van der Waals surface area contributed by atoms with Gasteiger partial charge in [-0.3, -0.25) is 24.0 Å². The molecular formula is C15H17NO8. The van der Waals surface area contributed by atoms with E-state index in [-0.39, 0.29) is 51.4 Å². The van der Waals surface area contributed by atoms with Crippen molar-refractivity contribution in [1.29, 1.82) is 0 Å². The van der Waals surface area contributed by atoms with Gasteiger partial charge in [0.1, 0.15) is 0 Å². The van der Waals surface area contributed by atoms with Gasteiger partial charge in [0.15, 0.2) is 11.6 Å². The third-order valence-electron chi connectivity index (χ3n) is 3.66. The standard InChI is InChI=1S/C15H17NO8/c17-9-5-6-10(18)15(9)23-13(21)3-1-2-4-14(22)24-16-11(19)7-8-12(16)20/h15H,1-8H2. The Morgan fingerprint density at radius 1 is 0.833 bits per heavy atom. The van der Waals surface area contributed by atoms with Gasteiger partial charge in [0.2, 0.25) is 6.10 Å². The molecule has 0 aromatic heterocycles. The molecule has 1 saturated heterocycles. The first-order chi connectivity index (χ1) is 11.4. The van der Waals surface area contributed by atoms with Gasteiger partial charge in [-0.1, -0.05) is 0 Å². The lowest BCUT2D eigenvalue weighted by Crippen LogP contribution is -2.32. The molecule has 0 N–H and O–H groups in total. The van der Waals surface area contributed by atoms with Crippen LogP contribution in [0.2, 0.25) is 0 Å². The van der Waals surface area contributed by atoms with E-state index in [2.05, 4.69) is 4.84 Å². The fourth-order valence-corrected chi connectivity index (χ4v) is 2.35. The van der Waals surface area contributed by atoms with Crippen molar-refractivity contribution in [3.63, 3.8) is 0 Å². The zero-order chi connectivity index (χ0) is 17.7. The second-order valence-corrected chi connectivity index (χ2v) is 5.55. The van der Waals surface area contributed by atoms with Crippen molar-refractivity contribution in [3.05, 3.63) is 0 Å². The van der Waals surface area contributed by atoms with Crippen molar-refractivity contribution >= 4 is 35.3 Å². The molecular weight excluding hydrogens is 322 g/mol. The highest BCUT2D eigenvalue weighted by atomic mass is 16.7. The Balaban J connectivity index is 1.62. The maximum Gasteiger partial charge on any atom is 0.333 e. The number of esters is 1. The van der Waals surface area contributed by atoms with Crippen LogP contribution in [0.4, 0.5) is 0 Å². The monoisotopic (exact) mass is 339 g/mol. The summed E-state index contributed by atoms with van der Waals surface area (Å²) in [5, 5.41) is 0.466. The summed E-state index contributed by atoms with van der Waals surface area (Å²) in [4.78, 5) is 73.0. The van der Waals surface area contributed by atoms with Gasteiger partial charge < -0.3 is 9.57 Å². The molecule has 24 heavy (non-hydrogen) atoms. The first kappa shape index (κ1) is 17.8. The summed E-state index contributed by atoms with van der Waals surface area (Å²) in [5.41, 5.74) is 0. The predicted molar refractivity (Wildman–Crippen MR) is 74.8 cm³/mol. The molecule has 1 saturated carbocycles. The van der Waals surface area contributed by atoms with Gasteiger partial charge in [0.05, 0.1) is 0 Å². The Morgan fingerprint density at radius 3 is 1.88 bits per heavy atom. The Hall–Kier alpha value is -2.58. The fraction of sp³-hybridized carbons (Fsp3) is 0.600. The van der Waals surface area contributed by atoms with Gasteiger partial charge in [-0.25, -0.2) is 4.79 Å². The van der Waals surface area contributed by atoms with Crippen LogP contribution < -0.4 is 0 Å². The molecule has 1 aliphatic carbocycles. The number of amides is 2. The van der Waals surface area contributed by atoms with Crippen LogP contribution in [0.25, 0.3) is 0 Å². The molecule has 0 unspecified atom stereocenters. The van der Waals surface area contributed by atoms with Crippen LogP contribution in [0, 0.1) is 0 Å². The number of unbranched alkanes of at least 4 members (excludes halogenated alkanes) is 1. The van der Waals surface area contributed by atoms with E-state index in [9.17, 15) is 28.8 Å². The molecule has 2 fully saturated rings. The van der Waals surface area contributed by atoms with E-state index in [4.69, 9.17) is 4.74 Å². The lowest BCUT2D eigenvalue weighted by atomic mass is 10.2. The van der Waals surface area contributed by atoms with Crippen molar-refractivity contribution in [3.8, 4) is 0 Å². The molecule has 1 heterocycles. The number of Topliss-reactive ketones (excluding diaryl/α,β-unsaturated/α-hetero) is 2. The minimum absolute atomic E-state index is 0.0244. The third kappa shape index (κ3) is 4.46. The predicted octanol–water partition coefficient (Wildman–Crippen LogP) is -0.00220. The maximum atomic E-state index is 11.6. The number of hydrogen-bond donors (Lipinski definition) is 0. The van der Waals surface area contributed by atoms with Gasteiger partial charge in [-0.05, 0) is 12.8 Å². The highest BCUT2D eigenvalue weighted by Gasteiger charge is 2.36. The van der Waals surface area contributed by atoms with E-state index >= 15 is 0 Å². The first-order valence-corrected chi connectivity index (χ1v) is 7.70. The molecule has 0 aromatic carbocycles. The van der Waals surface area contributed by atoms with Crippen LogP contribution in [0.15, 0.2) is 0 Å². The van der Waals surface area contributed by atoms with Gasteiger partial charge >= 0.3 is 11.9 Å². The van der Waals surface area contributed by atoms with Crippen LogP contribution in [0.5, 0.6) is 0 Å². The lowest BCUT2D eigenvalue weighted by molar-refractivity contribution is -0.197. The molecule has 2 rings (SSSR count). The van der Waals surface area contributed by atoms with Crippen molar-refractivity contribution in [2.24, 2.45) is 0 Å². The molecule has 9 heteroatoms. The topological polar surface area (TPSA) is 124 Å². The number of ketones is 2. The van der Waals surface area contributed by atoms with Gasteiger partial charge in [-0.15, -0.1) is 5.06 Å². The Morgan fingerprint density at radius 2 is 1.33 bits per heavy atom. The zero-order valence-electron chi connectivity index (χ0n) is 12.9. The number of carbonyl (C=O) groups excluding carboxylic acids is 6. The van der Waals surface area contributed by atoms with Crippen LogP contribution >= 0.6 is 0 Å². The Kier molecular flexibility index (Phi) is 5.78. The fourth-order valence-electron chi connectivity index (χ4n) is 2.35. The molecule has 0 radical (unpaired) electrons. The molecule has 130 valence electrons. The highest BCUT2D eigenvalue weighted by Crippen LogP contribution is 2.16. The second-order valence-electron chi connectivity index (χ2n) is 5.55. The van der Waals surface area contributed by atoms with E-state index in [1.165, 1.54) is 0 Å². The van der Waals surface area contributed by atoms with Gasteiger partial charge in [0, 0.05) is 38.5 Å². The zero-order valence-corrected chi connectivity index (χ0v) is 12.9. The molecule has 2 aliphatic rings. The van der Waals surface area contributed by atoms with Crippen molar-refractivity contribution in [1.82, 2.24) is 5.06 Å².